The molecular weight excluding hydrogens is 560 g/mol. The first-order valence-corrected chi connectivity index (χ1v) is 12.8. The van der Waals surface area contributed by atoms with Gasteiger partial charge in [-0.05, 0) is 59.6 Å². The van der Waals surface area contributed by atoms with Gasteiger partial charge in [-0.2, -0.15) is 4.98 Å². The Hall–Kier alpha value is -2.04. The molecule has 0 unspecified atom stereocenters. The van der Waals surface area contributed by atoms with Gasteiger partial charge in [0.1, 0.15) is 0 Å². The second-order valence-corrected chi connectivity index (χ2v) is 9.90. The Morgan fingerprint density at radius 3 is 2.81 bits per heavy atom. The number of hydrogen-bond donors (Lipinski definition) is 2. The molecule has 0 amide bonds. The van der Waals surface area contributed by atoms with Crippen LogP contribution in [0.5, 0.6) is 17.4 Å². The Balaban J connectivity index is 1.78. The van der Waals surface area contributed by atoms with Crippen LogP contribution in [0, 0.1) is 0 Å². The lowest BCUT2D eigenvalue weighted by molar-refractivity contribution is 0.224. The van der Waals surface area contributed by atoms with Crippen LogP contribution in [-0.4, -0.2) is 32.6 Å². The van der Waals surface area contributed by atoms with Crippen LogP contribution < -0.4 is 14.8 Å². The molecule has 4 rings (SSSR count). The van der Waals surface area contributed by atoms with Crippen LogP contribution in [0.2, 0.25) is 0 Å². The van der Waals surface area contributed by atoms with Gasteiger partial charge >= 0.3 is 0 Å². The molecule has 0 fully saturated rings. The number of aromatic hydroxyl groups is 1. The third-order valence-electron chi connectivity index (χ3n) is 4.77. The Morgan fingerprint density at radius 2 is 2.03 bits per heavy atom. The van der Waals surface area contributed by atoms with Crippen LogP contribution in [0.15, 0.2) is 44.4 Å². The molecule has 1 aromatic heterocycles. The molecule has 2 N–H and O–H groups in total. The Kier molecular flexibility index (Phi) is 7.42. The maximum atomic E-state index is 10.3. The number of phenols is 1. The van der Waals surface area contributed by atoms with Crippen molar-refractivity contribution < 1.29 is 14.6 Å². The van der Waals surface area contributed by atoms with Crippen molar-refractivity contribution in [3.05, 3.63) is 44.8 Å². The summed E-state index contributed by atoms with van der Waals surface area (Å²) in [5.41, 5.74) is 3.00. The van der Waals surface area contributed by atoms with E-state index in [4.69, 9.17) is 9.47 Å². The van der Waals surface area contributed by atoms with Gasteiger partial charge in [-0.1, -0.05) is 41.0 Å². The molecule has 32 heavy (non-hydrogen) atoms. The van der Waals surface area contributed by atoms with Crippen molar-refractivity contribution in [3.8, 4) is 28.6 Å². The molecule has 0 spiro atoms. The Labute approximate surface area is 207 Å². The van der Waals surface area contributed by atoms with Gasteiger partial charge < -0.3 is 19.9 Å². The molecule has 0 radical (unpaired) electrons. The smallest absolute Gasteiger partial charge is 0.247 e. The van der Waals surface area contributed by atoms with Gasteiger partial charge in [0.15, 0.2) is 23.4 Å². The van der Waals surface area contributed by atoms with Gasteiger partial charge in [-0.25, -0.2) is 0 Å². The van der Waals surface area contributed by atoms with Gasteiger partial charge in [-0.15, -0.1) is 10.2 Å². The van der Waals surface area contributed by atoms with Crippen molar-refractivity contribution in [2.45, 2.75) is 38.1 Å². The first-order valence-electron chi connectivity index (χ1n) is 10.3. The molecule has 2 aromatic carbocycles. The fraction of sp³-hybridized carbons (Fsp3) is 0.318. The largest absolute Gasteiger partial charge is 0.503 e. The number of benzene rings is 2. The minimum Gasteiger partial charge on any atom is -0.503 e. The predicted molar refractivity (Wildman–Crippen MR) is 133 cm³/mol. The summed E-state index contributed by atoms with van der Waals surface area (Å²) in [4.78, 5) is 4.67. The Morgan fingerprint density at radius 1 is 1.19 bits per heavy atom. The standard InChI is InChI=1S/C22H22Br2N4O3S/c1-3-5-8-32-22-26-21-18(27-28-22)14-11-13(23)6-7-16(14)25-20(31-21)12-9-15(24)19(29)17(10-12)30-4-2/h6-7,9-11,20,25,29H,3-5,8H2,1-2H3/t20-/m1/s1. The van der Waals surface area contributed by atoms with Crippen molar-refractivity contribution in [2.24, 2.45) is 0 Å². The number of ether oxygens (including phenoxy) is 2. The lowest BCUT2D eigenvalue weighted by atomic mass is 10.1. The third kappa shape index (κ3) is 4.97. The highest BCUT2D eigenvalue weighted by molar-refractivity contribution is 9.10. The lowest BCUT2D eigenvalue weighted by Gasteiger charge is -2.21. The van der Waals surface area contributed by atoms with Gasteiger partial charge in [0.05, 0.1) is 11.1 Å². The van der Waals surface area contributed by atoms with Crippen molar-refractivity contribution in [2.75, 3.05) is 17.7 Å². The van der Waals surface area contributed by atoms with Crippen molar-refractivity contribution in [1.82, 2.24) is 15.2 Å². The number of fused-ring (bicyclic) bond motifs is 3. The summed E-state index contributed by atoms with van der Waals surface area (Å²) in [6.07, 6.45) is 1.60. The summed E-state index contributed by atoms with van der Waals surface area (Å²) in [6.45, 7) is 4.44. The van der Waals surface area contributed by atoms with Crippen molar-refractivity contribution in [3.63, 3.8) is 0 Å². The number of rotatable bonds is 7. The summed E-state index contributed by atoms with van der Waals surface area (Å²) in [7, 11) is 0. The molecule has 2 heterocycles. The number of unbranched alkanes of at least 4 members (excludes halogenated alkanes) is 1. The van der Waals surface area contributed by atoms with E-state index >= 15 is 0 Å². The van der Waals surface area contributed by atoms with Gasteiger partial charge in [-0.3, -0.25) is 0 Å². The zero-order valence-electron chi connectivity index (χ0n) is 17.6. The average Bonchev–Trinajstić information content (AvgIpc) is 2.93. The first-order chi connectivity index (χ1) is 15.5. The number of aromatic nitrogens is 3. The molecule has 1 aliphatic heterocycles. The molecule has 0 saturated heterocycles. The topological polar surface area (TPSA) is 89.4 Å². The molecule has 7 nitrogen and oxygen atoms in total. The fourth-order valence-electron chi connectivity index (χ4n) is 3.20. The van der Waals surface area contributed by atoms with E-state index in [9.17, 15) is 5.11 Å². The third-order valence-corrected chi connectivity index (χ3v) is 6.79. The lowest BCUT2D eigenvalue weighted by Crippen LogP contribution is -2.17. The molecule has 0 aliphatic carbocycles. The minimum absolute atomic E-state index is 0.0487. The predicted octanol–water partition coefficient (Wildman–Crippen LogP) is 6.56. The molecule has 3 aromatic rings. The summed E-state index contributed by atoms with van der Waals surface area (Å²) in [6, 6.07) is 9.42. The van der Waals surface area contributed by atoms with E-state index in [0.717, 1.165) is 39.9 Å². The quantitative estimate of drug-likeness (QED) is 0.239. The van der Waals surface area contributed by atoms with Crippen LogP contribution in [0.25, 0.3) is 11.3 Å². The maximum Gasteiger partial charge on any atom is 0.247 e. The second-order valence-electron chi connectivity index (χ2n) is 7.06. The number of nitrogens with one attached hydrogen (secondary N) is 1. The number of phenolic OH excluding ortho intramolecular Hbond substituents is 1. The summed E-state index contributed by atoms with van der Waals surface area (Å²) < 4.78 is 13.4. The van der Waals surface area contributed by atoms with E-state index in [-0.39, 0.29) is 5.75 Å². The zero-order chi connectivity index (χ0) is 22.7. The van der Waals surface area contributed by atoms with Crippen LogP contribution >= 0.6 is 43.6 Å². The van der Waals surface area contributed by atoms with E-state index < -0.39 is 6.23 Å². The summed E-state index contributed by atoms with van der Waals surface area (Å²) >= 11 is 8.51. The Bertz CT molecular complexity index is 1130. The highest BCUT2D eigenvalue weighted by atomic mass is 79.9. The summed E-state index contributed by atoms with van der Waals surface area (Å²) in [5, 5.41) is 23.1. The zero-order valence-corrected chi connectivity index (χ0v) is 21.6. The van der Waals surface area contributed by atoms with E-state index in [1.54, 1.807) is 23.9 Å². The van der Waals surface area contributed by atoms with Gasteiger partial charge in [0.2, 0.25) is 11.0 Å². The average molecular weight is 582 g/mol. The van der Waals surface area contributed by atoms with E-state index in [1.807, 2.05) is 25.1 Å². The molecule has 0 saturated carbocycles. The fourth-order valence-corrected chi connectivity index (χ4v) is 4.88. The minimum atomic E-state index is -0.586. The van der Waals surface area contributed by atoms with Crippen molar-refractivity contribution in [1.29, 1.82) is 0 Å². The molecule has 10 heteroatoms. The second kappa shape index (κ2) is 10.3. The van der Waals surface area contributed by atoms with Crippen LogP contribution in [0.3, 0.4) is 0 Å². The highest BCUT2D eigenvalue weighted by Gasteiger charge is 2.27. The van der Waals surface area contributed by atoms with Crippen LogP contribution in [0.1, 0.15) is 38.5 Å². The molecular formula is C22H22Br2N4O3S. The SMILES string of the molecule is CCCCSc1nnc2c(n1)O[C@H](c1cc(Br)c(O)c(OCC)c1)Nc1ccc(Br)cc1-2. The van der Waals surface area contributed by atoms with Crippen LogP contribution in [-0.2, 0) is 0 Å². The maximum absolute atomic E-state index is 10.3. The normalized spacial score (nSPS) is 14.6. The van der Waals surface area contributed by atoms with Crippen molar-refractivity contribution >= 4 is 49.3 Å². The number of anilines is 1. The number of thioether (sulfide) groups is 1. The van der Waals surface area contributed by atoms with Crippen LogP contribution in [0.4, 0.5) is 5.69 Å². The first kappa shape index (κ1) is 23.1. The molecule has 168 valence electrons. The van der Waals surface area contributed by atoms with Gasteiger partial charge in [0, 0.05) is 27.0 Å². The van der Waals surface area contributed by atoms with E-state index in [1.165, 1.54) is 0 Å². The van der Waals surface area contributed by atoms with E-state index in [2.05, 4.69) is 59.3 Å². The number of hydrogen-bond acceptors (Lipinski definition) is 8. The number of nitrogens with zero attached hydrogens (tertiary/aromatic N) is 3. The molecule has 1 atom stereocenters. The number of halogens is 2. The molecule has 1 aliphatic rings. The monoisotopic (exact) mass is 580 g/mol. The van der Waals surface area contributed by atoms with E-state index in [0.29, 0.717) is 33.6 Å². The summed E-state index contributed by atoms with van der Waals surface area (Å²) in [5.74, 6) is 1.74. The van der Waals surface area contributed by atoms with Gasteiger partial charge in [0.25, 0.3) is 0 Å². The highest BCUT2D eigenvalue weighted by Crippen LogP contribution is 2.43. The molecule has 0 bridgehead atoms.